The highest BCUT2D eigenvalue weighted by Gasteiger charge is 2.27. The highest BCUT2D eigenvalue weighted by molar-refractivity contribution is 6.30. The Balaban J connectivity index is 2.12. The second kappa shape index (κ2) is 6.16. The third kappa shape index (κ3) is 3.00. The first-order valence-electron chi connectivity index (χ1n) is 6.35. The third-order valence-corrected chi connectivity index (χ3v) is 3.56. The fraction of sp³-hybridized carbons (Fsp3) is 0.538. The van der Waals surface area contributed by atoms with Crippen LogP contribution in [0.1, 0.15) is 36.2 Å². The minimum atomic E-state index is -0.00943. The average molecular weight is 268 g/mol. The van der Waals surface area contributed by atoms with Gasteiger partial charge in [0.2, 0.25) is 0 Å². The maximum atomic E-state index is 12.4. The summed E-state index contributed by atoms with van der Waals surface area (Å²) in [6.45, 7) is 1.41. The molecule has 0 aromatic carbocycles. The van der Waals surface area contributed by atoms with Crippen molar-refractivity contribution in [2.24, 2.45) is 5.73 Å². The van der Waals surface area contributed by atoms with Crippen LogP contribution in [0.4, 0.5) is 0 Å². The fourth-order valence-electron chi connectivity index (χ4n) is 2.41. The molecule has 1 aromatic heterocycles. The Morgan fingerprint density at radius 3 is 3.00 bits per heavy atom. The van der Waals surface area contributed by atoms with Crippen molar-refractivity contribution in [3.63, 3.8) is 0 Å². The van der Waals surface area contributed by atoms with Crippen molar-refractivity contribution in [1.29, 1.82) is 0 Å². The number of hydrogen-bond acceptors (Lipinski definition) is 3. The van der Waals surface area contributed by atoms with E-state index in [1.165, 1.54) is 12.6 Å². The molecule has 0 spiro atoms. The largest absolute Gasteiger partial charge is 0.334 e. The molecule has 1 aliphatic rings. The Bertz CT molecular complexity index is 405. The lowest BCUT2D eigenvalue weighted by molar-refractivity contribution is 0.0599. The highest BCUT2D eigenvalue weighted by atomic mass is 35.5. The van der Waals surface area contributed by atoms with Gasteiger partial charge in [0.05, 0.1) is 5.02 Å². The molecule has 0 aliphatic carbocycles. The van der Waals surface area contributed by atoms with Crippen LogP contribution in [-0.4, -0.2) is 34.9 Å². The molecule has 1 amide bonds. The summed E-state index contributed by atoms with van der Waals surface area (Å²) in [5, 5.41) is 0.545. The van der Waals surface area contributed by atoms with Crippen LogP contribution in [0.2, 0.25) is 5.02 Å². The second-order valence-corrected chi connectivity index (χ2v) is 5.02. The zero-order valence-electron chi connectivity index (χ0n) is 10.3. The number of piperidine rings is 1. The van der Waals surface area contributed by atoms with Crippen LogP contribution in [-0.2, 0) is 0 Å². The summed E-state index contributed by atoms with van der Waals surface area (Å²) in [4.78, 5) is 18.4. The van der Waals surface area contributed by atoms with Gasteiger partial charge in [-0.2, -0.15) is 0 Å². The van der Waals surface area contributed by atoms with Crippen LogP contribution >= 0.6 is 11.6 Å². The van der Waals surface area contributed by atoms with E-state index in [2.05, 4.69) is 4.98 Å². The lowest BCUT2D eigenvalue weighted by Crippen LogP contribution is -2.44. The number of nitrogens with two attached hydrogens (primary N) is 1. The van der Waals surface area contributed by atoms with Gasteiger partial charge in [-0.05, 0) is 44.4 Å². The standard InChI is InChI=1S/C13H18ClN3O/c14-10-4-5-12(16-9-10)13(18)17-8-2-1-3-11(17)6-7-15/h4-5,9,11H,1-3,6-8,15H2/t11-/m0/s1. The van der Waals surface area contributed by atoms with Crippen molar-refractivity contribution in [2.45, 2.75) is 31.7 Å². The lowest BCUT2D eigenvalue weighted by atomic mass is 9.99. The van der Waals surface area contributed by atoms with Gasteiger partial charge < -0.3 is 10.6 Å². The van der Waals surface area contributed by atoms with Crippen LogP contribution in [0.3, 0.4) is 0 Å². The van der Waals surface area contributed by atoms with Crippen molar-refractivity contribution in [3.8, 4) is 0 Å². The first kappa shape index (κ1) is 13.3. The van der Waals surface area contributed by atoms with Gasteiger partial charge in [-0.3, -0.25) is 4.79 Å². The van der Waals surface area contributed by atoms with Gasteiger partial charge in [-0.1, -0.05) is 11.6 Å². The smallest absolute Gasteiger partial charge is 0.272 e. The molecule has 18 heavy (non-hydrogen) atoms. The Morgan fingerprint density at radius 2 is 2.33 bits per heavy atom. The predicted molar refractivity (Wildman–Crippen MR) is 71.6 cm³/mol. The summed E-state index contributed by atoms with van der Waals surface area (Å²) in [5.74, 6) is -0.00943. The van der Waals surface area contributed by atoms with Crippen LogP contribution in [0.15, 0.2) is 18.3 Å². The minimum Gasteiger partial charge on any atom is -0.334 e. The van der Waals surface area contributed by atoms with E-state index in [1.54, 1.807) is 12.1 Å². The number of carbonyl (C=O) groups excluding carboxylic acids is 1. The van der Waals surface area contributed by atoms with Gasteiger partial charge in [0.1, 0.15) is 5.69 Å². The van der Waals surface area contributed by atoms with E-state index in [0.717, 1.165) is 25.8 Å². The molecule has 1 saturated heterocycles. The molecule has 2 N–H and O–H groups in total. The summed E-state index contributed by atoms with van der Waals surface area (Å²) < 4.78 is 0. The molecule has 1 fully saturated rings. The van der Waals surface area contributed by atoms with Crippen molar-refractivity contribution >= 4 is 17.5 Å². The minimum absolute atomic E-state index is 0.00943. The number of aromatic nitrogens is 1. The monoisotopic (exact) mass is 267 g/mol. The summed E-state index contributed by atoms with van der Waals surface area (Å²) >= 11 is 5.78. The van der Waals surface area contributed by atoms with Crippen molar-refractivity contribution in [1.82, 2.24) is 9.88 Å². The van der Waals surface area contributed by atoms with Gasteiger partial charge in [0, 0.05) is 18.8 Å². The molecule has 2 rings (SSSR count). The topological polar surface area (TPSA) is 59.2 Å². The quantitative estimate of drug-likeness (QED) is 0.912. The molecule has 4 nitrogen and oxygen atoms in total. The van der Waals surface area contributed by atoms with E-state index >= 15 is 0 Å². The second-order valence-electron chi connectivity index (χ2n) is 4.59. The number of halogens is 1. The van der Waals surface area contributed by atoms with Crippen molar-refractivity contribution in [2.75, 3.05) is 13.1 Å². The fourth-order valence-corrected chi connectivity index (χ4v) is 2.52. The maximum absolute atomic E-state index is 12.4. The van der Waals surface area contributed by atoms with E-state index in [9.17, 15) is 4.79 Å². The number of hydrogen-bond donors (Lipinski definition) is 1. The van der Waals surface area contributed by atoms with Gasteiger partial charge in [-0.25, -0.2) is 4.98 Å². The van der Waals surface area contributed by atoms with Gasteiger partial charge in [-0.15, -0.1) is 0 Å². The Morgan fingerprint density at radius 1 is 1.50 bits per heavy atom. The van der Waals surface area contributed by atoms with E-state index in [4.69, 9.17) is 17.3 Å². The molecule has 0 saturated carbocycles. The van der Waals surface area contributed by atoms with Crippen molar-refractivity contribution < 1.29 is 4.79 Å². The zero-order chi connectivity index (χ0) is 13.0. The average Bonchev–Trinajstić information content (AvgIpc) is 2.40. The Labute approximate surface area is 112 Å². The number of carbonyl (C=O) groups is 1. The lowest BCUT2D eigenvalue weighted by Gasteiger charge is -2.35. The van der Waals surface area contributed by atoms with E-state index < -0.39 is 0 Å². The molecule has 1 atom stereocenters. The molecule has 0 unspecified atom stereocenters. The molecule has 5 heteroatoms. The Kier molecular flexibility index (Phi) is 4.55. The first-order valence-corrected chi connectivity index (χ1v) is 6.73. The molecule has 0 radical (unpaired) electrons. The van der Waals surface area contributed by atoms with Crippen LogP contribution < -0.4 is 5.73 Å². The molecule has 1 aliphatic heterocycles. The van der Waals surface area contributed by atoms with Crippen LogP contribution in [0.5, 0.6) is 0 Å². The van der Waals surface area contributed by atoms with Gasteiger partial charge in [0.25, 0.3) is 5.91 Å². The Hall–Kier alpha value is -1.13. The van der Waals surface area contributed by atoms with E-state index in [0.29, 0.717) is 17.3 Å². The van der Waals surface area contributed by atoms with Gasteiger partial charge >= 0.3 is 0 Å². The molecular weight excluding hydrogens is 250 g/mol. The van der Waals surface area contributed by atoms with Gasteiger partial charge in [0.15, 0.2) is 0 Å². The van der Waals surface area contributed by atoms with E-state index in [-0.39, 0.29) is 11.9 Å². The maximum Gasteiger partial charge on any atom is 0.272 e. The predicted octanol–water partition coefficient (Wildman–Crippen LogP) is 2.08. The number of amides is 1. The third-order valence-electron chi connectivity index (χ3n) is 3.33. The molecule has 2 heterocycles. The summed E-state index contributed by atoms with van der Waals surface area (Å²) in [6.07, 6.45) is 5.63. The van der Waals surface area contributed by atoms with Crippen LogP contribution in [0, 0.1) is 0 Å². The van der Waals surface area contributed by atoms with E-state index in [1.807, 2.05) is 4.90 Å². The highest BCUT2D eigenvalue weighted by Crippen LogP contribution is 2.21. The SMILES string of the molecule is NCC[C@@H]1CCCCN1C(=O)c1ccc(Cl)cn1. The molecule has 0 bridgehead atoms. The molecular formula is C13H18ClN3O. The van der Waals surface area contributed by atoms with Crippen LogP contribution in [0.25, 0.3) is 0 Å². The molecule has 98 valence electrons. The molecule has 1 aromatic rings. The normalized spacial score (nSPS) is 19.9. The number of rotatable bonds is 3. The number of nitrogens with zero attached hydrogens (tertiary/aromatic N) is 2. The summed E-state index contributed by atoms with van der Waals surface area (Å²) in [6, 6.07) is 3.64. The first-order chi connectivity index (χ1) is 8.72. The van der Waals surface area contributed by atoms with Crippen molar-refractivity contribution in [3.05, 3.63) is 29.0 Å². The number of likely N-dealkylation sites (tertiary alicyclic amines) is 1. The number of pyridine rings is 1. The summed E-state index contributed by atoms with van der Waals surface area (Å²) in [5.41, 5.74) is 6.07. The zero-order valence-corrected chi connectivity index (χ0v) is 11.1. The summed E-state index contributed by atoms with van der Waals surface area (Å²) in [7, 11) is 0.